The third kappa shape index (κ3) is 4.72. The molecule has 9 heteroatoms. The van der Waals surface area contributed by atoms with Gasteiger partial charge in [0.15, 0.2) is 11.6 Å². The summed E-state index contributed by atoms with van der Waals surface area (Å²) in [6, 6.07) is 12.8. The van der Waals surface area contributed by atoms with E-state index in [0.717, 1.165) is 17.1 Å². The number of hydrogen-bond donors (Lipinski definition) is 2. The smallest absolute Gasteiger partial charge is 0.251 e. The molecule has 0 aliphatic rings. The Morgan fingerprint density at radius 3 is 2.65 bits per heavy atom. The van der Waals surface area contributed by atoms with Crippen LogP contribution in [-0.2, 0) is 13.6 Å². The first-order valence-electron chi connectivity index (χ1n) is 9.81. The molecule has 0 saturated heterocycles. The highest BCUT2D eigenvalue weighted by Crippen LogP contribution is 2.17. The van der Waals surface area contributed by atoms with Crippen molar-refractivity contribution in [2.24, 2.45) is 7.05 Å². The predicted molar refractivity (Wildman–Crippen MR) is 116 cm³/mol. The highest BCUT2D eigenvalue weighted by Gasteiger charge is 2.13. The molecule has 3 aromatic heterocycles. The normalized spacial score (nSPS) is 11.7. The lowest BCUT2D eigenvalue weighted by molar-refractivity contribution is 0.0940. The van der Waals surface area contributed by atoms with Gasteiger partial charge < -0.3 is 15.2 Å². The summed E-state index contributed by atoms with van der Waals surface area (Å²) in [5, 5.41) is 14.8. The zero-order valence-corrected chi connectivity index (χ0v) is 17.2. The summed E-state index contributed by atoms with van der Waals surface area (Å²) in [6.07, 6.45) is 6.57. The van der Waals surface area contributed by atoms with Crippen LogP contribution in [-0.4, -0.2) is 35.6 Å². The van der Waals surface area contributed by atoms with Gasteiger partial charge >= 0.3 is 0 Å². The SMILES string of the molecule is C[C@H](NC(=O)c1cccc(NCc2nnc(-c3ccncn3)n2C)c1)c1ccncc1. The molecular formula is C22H22N8O. The van der Waals surface area contributed by atoms with Crippen molar-refractivity contribution in [2.75, 3.05) is 5.32 Å². The molecule has 1 atom stereocenters. The van der Waals surface area contributed by atoms with Gasteiger partial charge in [0.25, 0.3) is 5.91 Å². The van der Waals surface area contributed by atoms with Crippen LogP contribution in [0.25, 0.3) is 11.5 Å². The van der Waals surface area contributed by atoms with Crippen molar-refractivity contribution in [3.05, 3.63) is 84.3 Å². The second-order valence-corrected chi connectivity index (χ2v) is 7.00. The Labute approximate surface area is 179 Å². The number of nitrogens with zero attached hydrogens (tertiary/aromatic N) is 6. The number of aromatic nitrogens is 6. The summed E-state index contributed by atoms with van der Waals surface area (Å²) in [7, 11) is 1.89. The molecule has 0 unspecified atom stereocenters. The average Bonchev–Trinajstić information content (AvgIpc) is 3.19. The van der Waals surface area contributed by atoms with Crippen molar-refractivity contribution in [2.45, 2.75) is 19.5 Å². The van der Waals surface area contributed by atoms with E-state index < -0.39 is 0 Å². The molecule has 4 rings (SSSR count). The molecule has 0 aliphatic heterocycles. The molecule has 2 N–H and O–H groups in total. The monoisotopic (exact) mass is 414 g/mol. The Balaban J connectivity index is 1.41. The fraction of sp³-hybridized carbons (Fsp3) is 0.182. The quantitative estimate of drug-likeness (QED) is 0.478. The number of carbonyl (C=O) groups is 1. The van der Waals surface area contributed by atoms with E-state index >= 15 is 0 Å². The summed E-state index contributed by atoms with van der Waals surface area (Å²) in [4.78, 5) is 24.8. The summed E-state index contributed by atoms with van der Waals surface area (Å²) in [5.74, 6) is 1.27. The molecule has 9 nitrogen and oxygen atoms in total. The number of pyridine rings is 1. The van der Waals surface area contributed by atoms with E-state index in [1.54, 1.807) is 30.7 Å². The number of benzene rings is 1. The highest BCUT2D eigenvalue weighted by atomic mass is 16.1. The van der Waals surface area contributed by atoms with E-state index in [1.807, 2.05) is 48.9 Å². The van der Waals surface area contributed by atoms with Crippen molar-refractivity contribution in [1.82, 2.24) is 35.0 Å². The van der Waals surface area contributed by atoms with Crippen molar-refractivity contribution in [3.63, 3.8) is 0 Å². The zero-order chi connectivity index (χ0) is 21.6. The Bertz CT molecular complexity index is 1160. The topological polar surface area (TPSA) is 111 Å². The molecular weight excluding hydrogens is 392 g/mol. The van der Waals surface area contributed by atoms with Crippen LogP contribution < -0.4 is 10.6 Å². The van der Waals surface area contributed by atoms with Crippen LogP contribution in [0, 0.1) is 0 Å². The molecule has 1 amide bonds. The van der Waals surface area contributed by atoms with Crippen molar-refractivity contribution in [3.8, 4) is 11.5 Å². The van der Waals surface area contributed by atoms with Gasteiger partial charge in [-0.25, -0.2) is 9.97 Å². The molecule has 0 bridgehead atoms. The van der Waals surface area contributed by atoms with Crippen LogP contribution in [0.2, 0.25) is 0 Å². The van der Waals surface area contributed by atoms with Crippen LogP contribution in [0.3, 0.4) is 0 Å². The number of nitrogens with one attached hydrogen (secondary N) is 2. The summed E-state index contributed by atoms with van der Waals surface area (Å²) in [5.41, 5.74) is 3.10. The Kier molecular flexibility index (Phi) is 5.93. The first kappa shape index (κ1) is 20.1. The molecule has 0 aliphatic carbocycles. The molecule has 0 spiro atoms. The predicted octanol–water partition coefficient (Wildman–Crippen LogP) is 2.77. The zero-order valence-electron chi connectivity index (χ0n) is 17.2. The number of rotatable bonds is 7. The summed E-state index contributed by atoms with van der Waals surface area (Å²) < 4.78 is 1.88. The summed E-state index contributed by atoms with van der Waals surface area (Å²) in [6.45, 7) is 2.39. The molecule has 0 radical (unpaired) electrons. The maximum atomic E-state index is 12.7. The minimum absolute atomic E-state index is 0.119. The lowest BCUT2D eigenvalue weighted by Gasteiger charge is -2.15. The van der Waals surface area contributed by atoms with Crippen LogP contribution in [0.5, 0.6) is 0 Å². The van der Waals surface area contributed by atoms with Crippen LogP contribution >= 0.6 is 0 Å². The van der Waals surface area contributed by atoms with E-state index in [-0.39, 0.29) is 11.9 Å². The van der Waals surface area contributed by atoms with Crippen LogP contribution in [0.1, 0.15) is 34.7 Å². The second kappa shape index (κ2) is 9.12. The van der Waals surface area contributed by atoms with Crippen LogP contribution in [0.15, 0.2) is 67.4 Å². The van der Waals surface area contributed by atoms with Gasteiger partial charge in [-0.3, -0.25) is 9.78 Å². The maximum absolute atomic E-state index is 12.7. The largest absolute Gasteiger partial charge is 0.378 e. The van der Waals surface area contributed by atoms with Crippen molar-refractivity contribution < 1.29 is 4.79 Å². The van der Waals surface area contributed by atoms with Crippen molar-refractivity contribution in [1.29, 1.82) is 0 Å². The van der Waals surface area contributed by atoms with Crippen molar-refractivity contribution >= 4 is 11.6 Å². The minimum Gasteiger partial charge on any atom is -0.378 e. The number of amides is 1. The fourth-order valence-electron chi connectivity index (χ4n) is 3.13. The lowest BCUT2D eigenvalue weighted by atomic mass is 10.1. The van der Waals surface area contributed by atoms with Gasteiger partial charge in [0.05, 0.1) is 12.6 Å². The maximum Gasteiger partial charge on any atom is 0.251 e. The highest BCUT2D eigenvalue weighted by molar-refractivity contribution is 5.95. The van der Waals surface area contributed by atoms with Crippen LogP contribution in [0.4, 0.5) is 5.69 Å². The van der Waals surface area contributed by atoms with E-state index in [0.29, 0.717) is 23.6 Å². The molecule has 156 valence electrons. The first-order chi connectivity index (χ1) is 15.1. The third-order valence-corrected chi connectivity index (χ3v) is 4.91. The molecule has 1 aromatic carbocycles. The standard InChI is InChI=1S/C22H22N8O/c1-15(16-6-9-23-10-7-16)27-22(31)17-4-3-5-18(12-17)25-13-20-28-29-21(30(20)2)19-8-11-24-14-26-19/h3-12,14-15,25H,13H2,1-2H3,(H,27,31)/t15-/m0/s1. The number of anilines is 1. The van der Waals surface area contributed by atoms with E-state index in [9.17, 15) is 4.79 Å². The van der Waals surface area contributed by atoms with Gasteiger partial charge in [-0.1, -0.05) is 6.07 Å². The van der Waals surface area contributed by atoms with Gasteiger partial charge in [0.2, 0.25) is 0 Å². The molecule has 3 heterocycles. The molecule has 0 saturated carbocycles. The third-order valence-electron chi connectivity index (χ3n) is 4.91. The molecule has 4 aromatic rings. The second-order valence-electron chi connectivity index (χ2n) is 7.00. The van der Waals surface area contributed by atoms with Gasteiger partial charge in [0, 0.05) is 36.9 Å². The van der Waals surface area contributed by atoms with Gasteiger partial charge in [-0.05, 0) is 48.9 Å². The Morgan fingerprint density at radius 1 is 1.06 bits per heavy atom. The van der Waals surface area contributed by atoms with E-state index in [2.05, 4.69) is 35.8 Å². The lowest BCUT2D eigenvalue weighted by Crippen LogP contribution is -2.26. The van der Waals surface area contributed by atoms with E-state index in [1.165, 1.54) is 6.33 Å². The Hall–Kier alpha value is -4.14. The Morgan fingerprint density at radius 2 is 1.87 bits per heavy atom. The van der Waals surface area contributed by atoms with Gasteiger partial charge in [-0.2, -0.15) is 0 Å². The fourth-order valence-corrected chi connectivity index (χ4v) is 3.13. The van der Waals surface area contributed by atoms with E-state index in [4.69, 9.17) is 0 Å². The molecule has 31 heavy (non-hydrogen) atoms. The van der Waals surface area contributed by atoms with Gasteiger partial charge in [-0.15, -0.1) is 10.2 Å². The average molecular weight is 414 g/mol. The summed E-state index contributed by atoms with van der Waals surface area (Å²) >= 11 is 0. The van der Waals surface area contributed by atoms with Gasteiger partial charge in [0.1, 0.15) is 12.0 Å². The molecule has 0 fully saturated rings. The number of hydrogen-bond acceptors (Lipinski definition) is 7. The number of carbonyl (C=O) groups excluding carboxylic acids is 1. The first-order valence-corrected chi connectivity index (χ1v) is 9.81. The minimum atomic E-state index is -0.141.